The molecule has 11 heteroatoms. The van der Waals surface area contributed by atoms with Crippen LogP contribution in [0.2, 0.25) is 0 Å². The van der Waals surface area contributed by atoms with Gasteiger partial charge >= 0.3 is 0 Å². The Hall–Kier alpha value is -5.19. The lowest BCUT2D eigenvalue weighted by Gasteiger charge is -2.28. The van der Waals surface area contributed by atoms with Crippen LogP contribution in [0.25, 0.3) is 44.8 Å². The number of imidazole rings is 1. The molecule has 1 amide bonds. The van der Waals surface area contributed by atoms with E-state index in [0.29, 0.717) is 39.5 Å². The number of benzene rings is 1. The van der Waals surface area contributed by atoms with Crippen LogP contribution in [0.5, 0.6) is 0 Å². The summed E-state index contributed by atoms with van der Waals surface area (Å²) in [5, 5.41) is 10.3. The van der Waals surface area contributed by atoms with Gasteiger partial charge in [-0.3, -0.25) is 19.9 Å². The van der Waals surface area contributed by atoms with Gasteiger partial charge in [0.1, 0.15) is 16.9 Å². The van der Waals surface area contributed by atoms with E-state index in [0.717, 1.165) is 37.1 Å². The van der Waals surface area contributed by atoms with E-state index in [1.165, 1.54) is 25.0 Å². The Kier molecular flexibility index (Phi) is 5.88. The molecule has 0 atom stereocenters. The largest absolute Gasteiger partial charge is 0.370 e. The molecule has 0 aliphatic carbocycles. The summed E-state index contributed by atoms with van der Waals surface area (Å²) in [5.41, 5.74) is 4.56. The molecule has 1 aliphatic heterocycles. The molecule has 0 unspecified atom stereocenters. The standard InChI is InChI=1S/C29H24FN9O/c30-23-22-20(16-33-24(23)18-13-19(15-31-14-18)34-29(40)17-7-3-1-4-8-17)37-38-26(22)28-35-25-21(9-10-32-27(25)36-28)39-11-5-2-6-12-39/h1,3-4,7-10,13-16H,2,5-6,11-12H2,(H,34,40)(H,37,38)(H,32,35,36). The Labute approximate surface area is 227 Å². The van der Waals surface area contributed by atoms with Gasteiger partial charge in [-0.1, -0.05) is 18.2 Å². The molecule has 6 aromatic rings. The highest BCUT2D eigenvalue weighted by molar-refractivity contribution is 6.04. The number of fused-ring (bicyclic) bond motifs is 2. The minimum atomic E-state index is -0.570. The molecule has 1 aromatic carbocycles. The number of H-pyrrole nitrogens is 2. The SMILES string of the molecule is O=C(Nc1cncc(-c2ncc3[nH]nc(-c4nc5c(N6CCCCC6)ccnc5[nH]4)c3c2F)c1)c1ccccc1. The number of aromatic nitrogens is 7. The van der Waals surface area contributed by atoms with Gasteiger partial charge in [0.2, 0.25) is 0 Å². The number of rotatable bonds is 5. The first-order valence-electron chi connectivity index (χ1n) is 13.1. The summed E-state index contributed by atoms with van der Waals surface area (Å²) in [4.78, 5) is 36.0. The van der Waals surface area contributed by atoms with Crippen molar-refractivity contribution in [2.75, 3.05) is 23.3 Å². The van der Waals surface area contributed by atoms with Crippen LogP contribution in [-0.2, 0) is 0 Å². The molecule has 0 spiro atoms. The zero-order chi connectivity index (χ0) is 27.1. The Bertz CT molecular complexity index is 1860. The van der Waals surface area contributed by atoms with Crippen LogP contribution in [0.15, 0.2) is 67.3 Å². The lowest BCUT2D eigenvalue weighted by Crippen LogP contribution is -2.29. The van der Waals surface area contributed by atoms with E-state index < -0.39 is 5.82 Å². The van der Waals surface area contributed by atoms with E-state index >= 15 is 4.39 Å². The van der Waals surface area contributed by atoms with Gasteiger partial charge in [-0.05, 0) is 43.5 Å². The van der Waals surface area contributed by atoms with Gasteiger partial charge in [0.15, 0.2) is 17.3 Å². The maximum absolute atomic E-state index is 16.1. The molecule has 1 fully saturated rings. The molecule has 6 heterocycles. The number of carbonyl (C=O) groups excluding carboxylic acids is 1. The molecule has 1 saturated heterocycles. The number of halogens is 1. The van der Waals surface area contributed by atoms with Crippen molar-refractivity contribution in [3.8, 4) is 22.8 Å². The number of nitrogens with zero attached hydrogens (tertiary/aromatic N) is 6. The number of hydrogen-bond acceptors (Lipinski definition) is 7. The monoisotopic (exact) mass is 533 g/mol. The van der Waals surface area contributed by atoms with Gasteiger partial charge < -0.3 is 15.2 Å². The fourth-order valence-electron chi connectivity index (χ4n) is 5.18. The Morgan fingerprint density at radius 3 is 2.67 bits per heavy atom. The second kappa shape index (κ2) is 9.84. The summed E-state index contributed by atoms with van der Waals surface area (Å²) in [6, 6.07) is 12.4. The number of carbonyl (C=O) groups is 1. The topological polar surface area (TPSA) is 128 Å². The summed E-state index contributed by atoms with van der Waals surface area (Å²) in [5.74, 6) is -0.446. The molecule has 3 N–H and O–H groups in total. The molecule has 0 radical (unpaired) electrons. The van der Waals surface area contributed by atoms with E-state index in [2.05, 4.69) is 40.3 Å². The summed E-state index contributed by atoms with van der Waals surface area (Å²) in [7, 11) is 0. The maximum atomic E-state index is 16.1. The van der Waals surface area contributed by atoms with Gasteiger partial charge in [-0.2, -0.15) is 5.10 Å². The zero-order valence-electron chi connectivity index (χ0n) is 21.4. The van der Waals surface area contributed by atoms with E-state index in [-0.39, 0.29) is 17.0 Å². The number of piperidine rings is 1. The third-order valence-electron chi connectivity index (χ3n) is 7.13. The molecule has 5 aromatic heterocycles. The van der Waals surface area contributed by atoms with E-state index in [4.69, 9.17) is 4.98 Å². The minimum Gasteiger partial charge on any atom is -0.370 e. The normalized spacial score (nSPS) is 13.7. The van der Waals surface area contributed by atoms with Crippen LogP contribution < -0.4 is 10.2 Å². The van der Waals surface area contributed by atoms with E-state index in [9.17, 15) is 4.79 Å². The predicted molar refractivity (Wildman–Crippen MR) is 150 cm³/mol. The summed E-state index contributed by atoms with van der Waals surface area (Å²) < 4.78 is 16.1. The highest BCUT2D eigenvalue weighted by atomic mass is 19.1. The van der Waals surface area contributed by atoms with Gasteiger partial charge in [0.25, 0.3) is 5.91 Å². The quantitative estimate of drug-likeness (QED) is 0.273. The fourth-order valence-corrected chi connectivity index (χ4v) is 5.18. The molecule has 0 bridgehead atoms. The smallest absolute Gasteiger partial charge is 0.255 e. The first kappa shape index (κ1) is 23.9. The van der Waals surface area contributed by atoms with Gasteiger partial charge in [0.05, 0.1) is 34.7 Å². The van der Waals surface area contributed by atoms with Crippen LogP contribution in [0, 0.1) is 5.82 Å². The Morgan fingerprint density at radius 2 is 1.82 bits per heavy atom. The lowest BCUT2D eigenvalue weighted by molar-refractivity contribution is 0.102. The summed E-state index contributed by atoms with van der Waals surface area (Å²) >= 11 is 0. The van der Waals surface area contributed by atoms with Crippen molar-refractivity contribution in [2.24, 2.45) is 0 Å². The second-order valence-electron chi connectivity index (χ2n) is 9.72. The van der Waals surface area contributed by atoms with E-state index in [1.807, 2.05) is 12.1 Å². The molecular formula is C29H24FN9O. The lowest BCUT2D eigenvalue weighted by atomic mass is 10.1. The zero-order valence-corrected chi connectivity index (χ0v) is 21.4. The summed E-state index contributed by atoms with van der Waals surface area (Å²) in [6.07, 6.45) is 9.80. The number of amides is 1. The van der Waals surface area contributed by atoms with Crippen LogP contribution in [-0.4, -0.2) is 54.1 Å². The van der Waals surface area contributed by atoms with Crippen LogP contribution in [0.3, 0.4) is 0 Å². The Balaban J connectivity index is 1.26. The van der Waals surface area contributed by atoms with Crippen molar-refractivity contribution >= 4 is 39.3 Å². The van der Waals surface area contributed by atoms with Gasteiger partial charge in [-0.15, -0.1) is 0 Å². The predicted octanol–water partition coefficient (Wildman–Crippen LogP) is 5.34. The maximum Gasteiger partial charge on any atom is 0.255 e. The minimum absolute atomic E-state index is 0.0849. The highest BCUT2D eigenvalue weighted by Crippen LogP contribution is 2.34. The van der Waals surface area contributed by atoms with Crippen LogP contribution in [0.4, 0.5) is 15.8 Å². The first-order valence-corrected chi connectivity index (χ1v) is 13.1. The third-order valence-corrected chi connectivity index (χ3v) is 7.13. The van der Waals surface area contributed by atoms with Crippen molar-refractivity contribution in [2.45, 2.75) is 19.3 Å². The van der Waals surface area contributed by atoms with E-state index in [1.54, 1.807) is 36.5 Å². The first-order chi connectivity index (χ1) is 19.7. The third kappa shape index (κ3) is 4.21. The average Bonchev–Trinajstić information content (AvgIpc) is 3.63. The number of nitrogens with one attached hydrogen (secondary N) is 3. The molecular weight excluding hydrogens is 509 g/mol. The number of anilines is 2. The number of aromatic amines is 2. The molecule has 10 nitrogen and oxygen atoms in total. The Morgan fingerprint density at radius 1 is 0.975 bits per heavy atom. The average molecular weight is 534 g/mol. The number of hydrogen-bond donors (Lipinski definition) is 3. The van der Waals surface area contributed by atoms with Crippen molar-refractivity contribution in [1.29, 1.82) is 0 Å². The van der Waals surface area contributed by atoms with Crippen LogP contribution >= 0.6 is 0 Å². The second-order valence-corrected chi connectivity index (χ2v) is 9.72. The number of pyridine rings is 3. The molecule has 7 rings (SSSR count). The van der Waals surface area contributed by atoms with Gasteiger partial charge in [-0.25, -0.2) is 14.4 Å². The van der Waals surface area contributed by atoms with Crippen LogP contribution in [0.1, 0.15) is 29.6 Å². The molecule has 0 saturated carbocycles. The summed E-state index contributed by atoms with van der Waals surface area (Å²) in [6.45, 7) is 1.93. The highest BCUT2D eigenvalue weighted by Gasteiger charge is 2.23. The van der Waals surface area contributed by atoms with Crippen molar-refractivity contribution in [3.05, 3.63) is 78.6 Å². The van der Waals surface area contributed by atoms with Crippen molar-refractivity contribution in [3.63, 3.8) is 0 Å². The molecule has 1 aliphatic rings. The van der Waals surface area contributed by atoms with Crippen molar-refractivity contribution in [1.82, 2.24) is 35.1 Å². The molecule has 198 valence electrons. The fraction of sp³-hybridized carbons (Fsp3) is 0.172. The molecule has 40 heavy (non-hydrogen) atoms. The van der Waals surface area contributed by atoms with Crippen molar-refractivity contribution < 1.29 is 9.18 Å². The van der Waals surface area contributed by atoms with Gasteiger partial charge in [0, 0.05) is 36.6 Å².